The molecule has 198 valence electrons. The van der Waals surface area contributed by atoms with Crippen molar-refractivity contribution in [1.29, 1.82) is 0 Å². The van der Waals surface area contributed by atoms with Gasteiger partial charge in [-0.3, -0.25) is 4.99 Å². The van der Waals surface area contributed by atoms with E-state index in [1.54, 1.807) is 0 Å². The minimum Gasteiger partial charge on any atom is -0.372 e. The van der Waals surface area contributed by atoms with E-state index in [-0.39, 0.29) is 12.8 Å². The van der Waals surface area contributed by atoms with E-state index in [1.807, 2.05) is 20.0 Å². The monoisotopic (exact) mass is 481 g/mol. The lowest BCUT2D eigenvalue weighted by molar-refractivity contribution is -0.0535. The van der Waals surface area contributed by atoms with Crippen molar-refractivity contribution in [1.82, 2.24) is 10.2 Å². The van der Waals surface area contributed by atoms with Crippen molar-refractivity contribution < 1.29 is 8.78 Å². The number of allylic oxidation sites excluding steroid dienone is 5. The Morgan fingerprint density at radius 1 is 1.12 bits per heavy atom. The molecular weight excluding hydrogens is 428 g/mol. The van der Waals surface area contributed by atoms with Crippen molar-refractivity contribution in [3.8, 4) is 0 Å². The van der Waals surface area contributed by atoms with E-state index in [9.17, 15) is 8.78 Å². The second-order valence-electron chi connectivity index (χ2n) is 8.98. The summed E-state index contributed by atoms with van der Waals surface area (Å²) in [5, 5.41) is 3.42. The fraction of sp³-hybridized carbons (Fsp3) is 0.759. The van der Waals surface area contributed by atoms with Crippen molar-refractivity contribution in [3.05, 3.63) is 35.2 Å². The average Bonchev–Trinajstić information content (AvgIpc) is 2.84. The molecule has 34 heavy (non-hydrogen) atoms. The van der Waals surface area contributed by atoms with E-state index in [4.69, 9.17) is 0 Å². The van der Waals surface area contributed by atoms with Crippen LogP contribution < -0.4 is 5.32 Å². The van der Waals surface area contributed by atoms with Crippen LogP contribution in [0.4, 0.5) is 8.78 Å². The van der Waals surface area contributed by atoms with Crippen molar-refractivity contribution in [3.63, 3.8) is 0 Å². The highest BCUT2D eigenvalue weighted by Gasteiger charge is 2.35. The van der Waals surface area contributed by atoms with Crippen LogP contribution in [0.25, 0.3) is 0 Å². The molecule has 0 radical (unpaired) electrons. The maximum atomic E-state index is 12.8. The Morgan fingerprint density at radius 2 is 1.76 bits per heavy atom. The molecule has 0 spiro atoms. The van der Waals surface area contributed by atoms with Gasteiger partial charge in [0, 0.05) is 62.2 Å². The van der Waals surface area contributed by atoms with Gasteiger partial charge in [-0.25, -0.2) is 8.78 Å². The molecular formula is C29H53F2N3. The van der Waals surface area contributed by atoms with Crippen molar-refractivity contribution in [2.45, 2.75) is 113 Å². The van der Waals surface area contributed by atoms with Crippen LogP contribution >= 0.6 is 0 Å². The zero-order chi connectivity index (χ0) is 26.0. The van der Waals surface area contributed by atoms with E-state index in [0.717, 1.165) is 70.4 Å². The summed E-state index contributed by atoms with van der Waals surface area (Å²) < 4.78 is 25.6. The topological polar surface area (TPSA) is 27.6 Å². The maximum absolute atomic E-state index is 12.8. The number of alkyl halides is 2. The molecule has 0 aromatic heterocycles. The predicted octanol–water partition coefficient (Wildman–Crippen LogP) is 8.54. The van der Waals surface area contributed by atoms with Crippen molar-refractivity contribution in [2.24, 2.45) is 10.9 Å². The first-order valence-electron chi connectivity index (χ1n) is 13.7. The van der Waals surface area contributed by atoms with Crippen LogP contribution in [-0.4, -0.2) is 42.7 Å². The molecule has 1 aliphatic carbocycles. The Labute approximate surface area is 209 Å². The minimum atomic E-state index is -2.35. The van der Waals surface area contributed by atoms with Gasteiger partial charge in [-0.15, -0.1) is 0 Å². The second-order valence-corrected chi connectivity index (χ2v) is 8.98. The lowest BCUT2D eigenvalue weighted by Crippen LogP contribution is -2.43. The first kappa shape index (κ1) is 32.5. The van der Waals surface area contributed by atoms with Gasteiger partial charge in [0.1, 0.15) is 0 Å². The summed E-state index contributed by atoms with van der Waals surface area (Å²) in [6, 6.07) is 0. The molecule has 1 aliphatic heterocycles. The van der Waals surface area contributed by atoms with Crippen LogP contribution in [-0.2, 0) is 0 Å². The van der Waals surface area contributed by atoms with E-state index in [2.05, 4.69) is 68.9 Å². The third-order valence-electron chi connectivity index (χ3n) is 6.41. The number of aliphatic imine (C=N–C) groups is 1. The standard InChI is InChI=1S/C18H31N3.C9H16F2.C2H6/c1-6-9-10-20-15(4)18(17(7-2)8-3)16(5)21-13-11-19-12-14-21;1-2-4-8-5-3-6-9(10,11)7-8;1-2/h7,9-10,19H,6,8,11-14H2,1-5H3;8H,2-7H2,1H3;1-2H3/b10-9+,17-7-,18-16-,20-15+;;. The largest absolute Gasteiger partial charge is 0.372 e. The van der Waals surface area contributed by atoms with Crippen LogP contribution in [0.2, 0.25) is 0 Å². The van der Waals surface area contributed by atoms with Gasteiger partial charge >= 0.3 is 0 Å². The third kappa shape index (κ3) is 12.3. The molecule has 0 amide bonds. The van der Waals surface area contributed by atoms with E-state index >= 15 is 0 Å². The number of hydrogen-bond acceptors (Lipinski definition) is 3. The summed E-state index contributed by atoms with van der Waals surface area (Å²) in [7, 11) is 0. The second kappa shape index (κ2) is 18.8. The summed E-state index contributed by atoms with van der Waals surface area (Å²) in [5.74, 6) is -2.05. The predicted molar refractivity (Wildman–Crippen MR) is 147 cm³/mol. The summed E-state index contributed by atoms with van der Waals surface area (Å²) in [5.41, 5.74) is 5.18. The first-order valence-corrected chi connectivity index (χ1v) is 13.7. The SMILES string of the molecule is CC.CCCC1CCCC(F)(F)C1.C\C=C(CC)/C(C(/C)=N/C=C/CC)=C(/C)N1CCNCC1. The van der Waals surface area contributed by atoms with Crippen LogP contribution in [0.1, 0.15) is 107 Å². The van der Waals surface area contributed by atoms with Gasteiger partial charge in [0.15, 0.2) is 0 Å². The van der Waals surface area contributed by atoms with Crippen LogP contribution in [0.15, 0.2) is 40.2 Å². The molecule has 0 bridgehead atoms. The Bertz CT molecular complexity index is 654. The van der Waals surface area contributed by atoms with E-state index < -0.39 is 5.92 Å². The quantitative estimate of drug-likeness (QED) is 0.278. The van der Waals surface area contributed by atoms with Gasteiger partial charge in [0.25, 0.3) is 0 Å². The lowest BCUT2D eigenvalue weighted by Gasteiger charge is -2.32. The Morgan fingerprint density at radius 3 is 2.26 bits per heavy atom. The van der Waals surface area contributed by atoms with Gasteiger partial charge < -0.3 is 10.2 Å². The zero-order valence-electron chi connectivity index (χ0n) is 23.4. The molecule has 1 heterocycles. The van der Waals surface area contributed by atoms with Crippen molar-refractivity contribution >= 4 is 5.71 Å². The minimum absolute atomic E-state index is 0.118. The summed E-state index contributed by atoms with van der Waals surface area (Å²) in [4.78, 5) is 7.12. The van der Waals surface area contributed by atoms with Gasteiger partial charge in [-0.1, -0.05) is 66.0 Å². The molecule has 1 N–H and O–H groups in total. The van der Waals surface area contributed by atoms with Gasteiger partial charge in [-0.05, 0) is 51.5 Å². The number of piperazine rings is 1. The lowest BCUT2D eigenvalue weighted by atomic mass is 9.84. The molecule has 2 aliphatic rings. The number of nitrogens with zero attached hydrogens (tertiary/aromatic N) is 2. The molecule has 0 aromatic rings. The van der Waals surface area contributed by atoms with Gasteiger partial charge in [0.2, 0.25) is 5.92 Å². The Balaban J connectivity index is 0.000000701. The fourth-order valence-corrected chi connectivity index (χ4v) is 4.68. The molecule has 5 heteroatoms. The average molecular weight is 482 g/mol. The smallest absolute Gasteiger partial charge is 0.248 e. The molecule has 1 saturated heterocycles. The number of hydrogen-bond donors (Lipinski definition) is 1. The molecule has 2 rings (SSSR count). The molecule has 1 atom stereocenters. The highest BCUT2D eigenvalue weighted by Crippen LogP contribution is 2.38. The number of rotatable bonds is 8. The van der Waals surface area contributed by atoms with E-state index in [0.29, 0.717) is 5.92 Å². The number of halogens is 2. The van der Waals surface area contributed by atoms with E-state index in [1.165, 1.54) is 16.8 Å². The maximum Gasteiger partial charge on any atom is 0.248 e. The van der Waals surface area contributed by atoms with Gasteiger partial charge in [-0.2, -0.15) is 0 Å². The van der Waals surface area contributed by atoms with Crippen LogP contribution in [0, 0.1) is 5.92 Å². The van der Waals surface area contributed by atoms with Crippen molar-refractivity contribution in [2.75, 3.05) is 26.2 Å². The number of nitrogens with one attached hydrogen (secondary N) is 1. The zero-order valence-corrected chi connectivity index (χ0v) is 23.4. The highest BCUT2D eigenvalue weighted by molar-refractivity contribution is 6.03. The summed E-state index contributed by atoms with van der Waals surface area (Å²) in [6.45, 7) is 21.2. The molecule has 1 saturated carbocycles. The molecule has 1 unspecified atom stereocenters. The van der Waals surface area contributed by atoms with Crippen LogP contribution in [0.3, 0.4) is 0 Å². The van der Waals surface area contributed by atoms with Gasteiger partial charge in [0.05, 0.1) is 0 Å². The van der Waals surface area contributed by atoms with Crippen LogP contribution in [0.5, 0.6) is 0 Å². The summed E-state index contributed by atoms with van der Waals surface area (Å²) in [6.07, 6.45) is 12.3. The molecule has 3 nitrogen and oxygen atoms in total. The fourth-order valence-electron chi connectivity index (χ4n) is 4.68. The normalized spacial score (nSPS) is 21.8. The summed E-state index contributed by atoms with van der Waals surface area (Å²) >= 11 is 0. The first-order chi connectivity index (χ1) is 16.3. The third-order valence-corrected chi connectivity index (χ3v) is 6.41. The Kier molecular flexibility index (Phi) is 18.0. The molecule has 2 fully saturated rings. The highest BCUT2D eigenvalue weighted by atomic mass is 19.3. The Hall–Kier alpha value is -1.49. The molecule has 0 aromatic carbocycles.